The summed E-state index contributed by atoms with van der Waals surface area (Å²) < 4.78 is 0. The van der Waals surface area contributed by atoms with Crippen LogP contribution in [0.25, 0.3) is 0 Å². The molecule has 5 N–H and O–H groups in total. The molecule has 20 heavy (non-hydrogen) atoms. The highest BCUT2D eigenvalue weighted by molar-refractivity contribution is 5.43. The maximum Gasteiger partial charge on any atom is 0.231 e. The van der Waals surface area contributed by atoms with E-state index in [1.807, 2.05) is 0 Å². The Hall–Kier alpha value is -1.67. The molecular formula is C12H22N6O2. The Bertz CT molecular complexity index is 446. The number of rotatable bonds is 5. The summed E-state index contributed by atoms with van der Waals surface area (Å²) in [6, 6.07) is 0. The van der Waals surface area contributed by atoms with Crippen LogP contribution in [0.5, 0.6) is 0 Å². The van der Waals surface area contributed by atoms with Crippen LogP contribution in [0.1, 0.15) is 26.2 Å². The summed E-state index contributed by atoms with van der Waals surface area (Å²) in [4.78, 5) is 14.6. The largest absolute Gasteiger partial charge is 0.394 e. The van der Waals surface area contributed by atoms with Crippen LogP contribution in [0.3, 0.4) is 0 Å². The number of hydrogen-bond acceptors (Lipinski definition) is 8. The molecule has 1 aromatic rings. The van der Waals surface area contributed by atoms with Crippen LogP contribution in [0.4, 0.5) is 17.8 Å². The third kappa shape index (κ3) is 3.45. The van der Waals surface area contributed by atoms with Gasteiger partial charge in [0.1, 0.15) is 0 Å². The van der Waals surface area contributed by atoms with E-state index < -0.39 is 5.54 Å². The van der Waals surface area contributed by atoms with Crippen LogP contribution in [0.15, 0.2) is 0 Å². The second-order valence-electron chi connectivity index (χ2n) is 5.37. The van der Waals surface area contributed by atoms with E-state index >= 15 is 0 Å². The minimum atomic E-state index is -0.896. The third-order valence-corrected chi connectivity index (χ3v) is 3.39. The fourth-order valence-corrected chi connectivity index (χ4v) is 2.07. The predicted octanol–water partition coefficient (Wildman–Crippen LogP) is -0.401. The highest BCUT2D eigenvalue weighted by Gasteiger charge is 2.24. The molecule has 0 aliphatic carbocycles. The van der Waals surface area contributed by atoms with Crippen LogP contribution in [-0.4, -0.2) is 57.0 Å². The summed E-state index contributed by atoms with van der Waals surface area (Å²) in [5.41, 5.74) is 4.82. The fourth-order valence-electron chi connectivity index (χ4n) is 2.07. The van der Waals surface area contributed by atoms with E-state index in [2.05, 4.69) is 25.2 Å². The molecule has 2 heterocycles. The molecule has 112 valence electrons. The van der Waals surface area contributed by atoms with Gasteiger partial charge in [0.25, 0.3) is 0 Å². The minimum Gasteiger partial charge on any atom is -0.394 e. The van der Waals surface area contributed by atoms with Crippen molar-refractivity contribution in [1.82, 2.24) is 15.0 Å². The number of piperidine rings is 1. The SMILES string of the molecule is CC(CO)(CO)Nc1nc(N)nc(N2CCCCC2)n1. The second kappa shape index (κ2) is 6.19. The molecule has 1 saturated heterocycles. The Labute approximate surface area is 118 Å². The van der Waals surface area contributed by atoms with Gasteiger partial charge in [-0.1, -0.05) is 0 Å². The van der Waals surface area contributed by atoms with Crippen molar-refractivity contribution in [1.29, 1.82) is 0 Å². The first-order chi connectivity index (χ1) is 9.56. The van der Waals surface area contributed by atoms with Gasteiger partial charge in [-0.25, -0.2) is 0 Å². The van der Waals surface area contributed by atoms with Crippen LogP contribution in [0, 0.1) is 0 Å². The van der Waals surface area contributed by atoms with Crippen molar-refractivity contribution >= 4 is 17.8 Å². The molecule has 0 aromatic carbocycles. The van der Waals surface area contributed by atoms with E-state index in [1.165, 1.54) is 6.42 Å². The molecule has 1 aliphatic heterocycles. The molecule has 1 aliphatic rings. The number of aliphatic hydroxyl groups excluding tert-OH is 2. The zero-order valence-corrected chi connectivity index (χ0v) is 11.7. The van der Waals surface area contributed by atoms with Gasteiger partial charge < -0.3 is 26.2 Å². The Morgan fingerprint density at radius 2 is 1.80 bits per heavy atom. The van der Waals surface area contributed by atoms with Crippen molar-refractivity contribution in [3.8, 4) is 0 Å². The lowest BCUT2D eigenvalue weighted by Crippen LogP contribution is -2.43. The van der Waals surface area contributed by atoms with Gasteiger partial charge in [-0.05, 0) is 26.2 Å². The first-order valence-electron chi connectivity index (χ1n) is 6.83. The summed E-state index contributed by atoms with van der Waals surface area (Å²) in [5.74, 6) is 0.933. The van der Waals surface area contributed by atoms with E-state index in [0.717, 1.165) is 25.9 Å². The van der Waals surface area contributed by atoms with Gasteiger partial charge in [-0.3, -0.25) is 0 Å². The smallest absolute Gasteiger partial charge is 0.231 e. The highest BCUT2D eigenvalue weighted by atomic mass is 16.3. The fraction of sp³-hybridized carbons (Fsp3) is 0.750. The lowest BCUT2D eigenvalue weighted by molar-refractivity contribution is 0.147. The zero-order chi connectivity index (χ0) is 14.6. The third-order valence-electron chi connectivity index (χ3n) is 3.39. The maximum atomic E-state index is 9.30. The van der Waals surface area contributed by atoms with Crippen LogP contribution >= 0.6 is 0 Å². The molecule has 1 aromatic heterocycles. The summed E-state index contributed by atoms with van der Waals surface area (Å²) in [5, 5.41) is 21.5. The first-order valence-corrected chi connectivity index (χ1v) is 6.83. The Kier molecular flexibility index (Phi) is 4.56. The molecule has 8 heteroatoms. The zero-order valence-electron chi connectivity index (χ0n) is 11.7. The van der Waals surface area contributed by atoms with Crippen molar-refractivity contribution in [3.05, 3.63) is 0 Å². The van der Waals surface area contributed by atoms with Gasteiger partial charge in [0.15, 0.2) is 0 Å². The van der Waals surface area contributed by atoms with Crippen LogP contribution in [-0.2, 0) is 0 Å². The van der Waals surface area contributed by atoms with Crippen molar-refractivity contribution in [2.45, 2.75) is 31.7 Å². The number of nitrogens with one attached hydrogen (secondary N) is 1. The molecule has 0 saturated carbocycles. The molecule has 2 rings (SSSR count). The molecule has 8 nitrogen and oxygen atoms in total. The Morgan fingerprint density at radius 3 is 2.40 bits per heavy atom. The molecule has 0 spiro atoms. The maximum absolute atomic E-state index is 9.30. The second-order valence-corrected chi connectivity index (χ2v) is 5.37. The summed E-state index contributed by atoms with van der Waals surface area (Å²) in [6.07, 6.45) is 3.44. The number of hydrogen-bond donors (Lipinski definition) is 4. The van der Waals surface area contributed by atoms with Gasteiger partial charge in [0.2, 0.25) is 17.8 Å². The predicted molar refractivity (Wildman–Crippen MR) is 76.5 cm³/mol. The number of nitrogen functional groups attached to an aromatic ring is 1. The average Bonchev–Trinajstić information content (AvgIpc) is 2.47. The molecule has 0 bridgehead atoms. The van der Waals surface area contributed by atoms with E-state index in [1.54, 1.807) is 6.92 Å². The molecule has 1 fully saturated rings. The normalized spacial score (nSPS) is 16.2. The topological polar surface area (TPSA) is 120 Å². The van der Waals surface area contributed by atoms with E-state index in [4.69, 9.17) is 5.73 Å². The van der Waals surface area contributed by atoms with Gasteiger partial charge in [0, 0.05) is 13.1 Å². The average molecular weight is 282 g/mol. The Morgan fingerprint density at radius 1 is 1.15 bits per heavy atom. The molecule has 0 amide bonds. The van der Waals surface area contributed by atoms with Gasteiger partial charge in [-0.15, -0.1) is 0 Å². The quantitative estimate of drug-likeness (QED) is 0.575. The molecule has 0 unspecified atom stereocenters. The van der Waals surface area contributed by atoms with Crippen molar-refractivity contribution in [3.63, 3.8) is 0 Å². The van der Waals surface area contributed by atoms with Gasteiger partial charge in [-0.2, -0.15) is 15.0 Å². The lowest BCUT2D eigenvalue weighted by Gasteiger charge is -2.29. The van der Waals surface area contributed by atoms with Crippen molar-refractivity contribution in [2.75, 3.05) is 42.3 Å². The summed E-state index contributed by atoms with van der Waals surface area (Å²) in [7, 11) is 0. The van der Waals surface area contributed by atoms with Gasteiger partial charge in [0.05, 0.1) is 18.8 Å². The number of aliphatic hydroxyl groups is 2. The van der Waals surface area contributed by atoms with Crippen molar-refractivity contribution < 1.29 is 10.2 Å². The number of anilines is 3. The van der Waals surface area contributed by atoms with Gasteiger partial charge >= 0.3 is 0 Å². The monoisotopic (exact) mass is 282 g/mol. The molecular weight excluding hydrogens is 260 g/mol. The molecule has 0 atom stereocenters. The Balaban J connectivity index is 2.19. The molecule has 0 radical (unpaired) electrons. The summed E-state index contributed by atoms with van der Waals surface area (Å²) >= 11 is 0. The van der Waals surface area contributed by atoms with Crippen LogP contribution in [0.2, 0.25) is 0 Å². The minimum absolute atomic E-state index is 0.126. The van der Waals surface area contributed by atoms with E-state index in [0.29, 0.717) is 5.95 Å². The van der Waals surface area contributed by atoms with Crippen LogP contribution < -0.4 is 16.0 Å². The summed E-state index contributed by atoms with van der Waals surface area (Å²) in [6.45, 7) is 3.00. The lowest BCUT2D eigenvalue weighted by atomic mass is 10.1. The van der Waals surface area contributed by atoms with E-state index in [9.17, 15) is 10.2 Å². The van der Waals surface area contributed by atoms with E-state index in [-0.39, 0.29) is 25.1 Å². The van der Waals surface area contributed by atoms with Crippen molar-refractivity contribution in [2.24, 2.45) is 0 Å². The number of nitrogens with zero attached hydrogens (tertiary/aromatic N) is 4. The number of nitrogens with two attached hydrogens (primary N) is 1. The standard InChI is InChI=1S/C12H22N6O2/c1-12(7-19,8-20)17-10-14-9(13)15-11(16-10)18-5-3-2-4-6-18/h19-20H,2-8H2,1H3,(H3,13,14,15,16,17). The number of aromatic nitrogens is 3. The first kappa shape index (κ1) is 14.7. The highest BCUT2D eigenvalue weighted by Crippen LogP contribution is 2.19.